The molecule has 32 heavy (non-hydrogen) atoms. The zero-order valence-corrected chi connectivity index (χ0v) is 20.1. The quantitative estimate of drug-likeness (QED) is 0.442. The lowest BCUT2D eigenvalue weighted by Crippen LogP contribution is -2.34. The molecule has 1 N–H and O–H groups in total. The van der Waals surface area contributed by atoms with E-state index in [0.29, 0.717) is 35.5 Å². The Kier molecular flexibility index (Phi) is 7.95. The van der Waals surface area contributed by atoms with Crippen LogP contribution in [0.5, 0.6) is 17.2 Å². The standard InChI is InChI=1S/C26H30N2O3S/c1-18-10-9-11-19(2)24(18)27-26(32)28(16-20-12-7-6-8-13-20)17-21-14-22(29-3)25(31-5)23(15-21)30-4/h6-15H,16-17H2,1-5H3,(H,27,32). The first kappa shape index (κ1) is 23.4. The first-order chi connectivity index (χ1) is 15.5. The molecule has 0 aliphatic heterocycles. The van der Waals surface area contributed by atoms with Crippen molar-refractivity contribution in [1.82, 2.24) is 4.90 Å². The maximum atomic E-state index is 5.87. The van der Waals surface area contributed by atoms with Crippen LogP contribution in [-0.4, -0.2) is 31.3 Å². The van der Waals surface area contributed by atoms with E-state index in [0.717, 1.165) is 22.4 Å². The molecule has 0 spiro atoms. The minimum atomic E-state index is 0.572. The highest BCUT2D eigenvalue weighted by Crippen LogP contribution is 2.38. The van der Waals surface area contributed by atoms with Crippen molar-refractivity contribution in [1.29, 1.82) is 0 Å². The van der Waals surface area contributed by atoms with E-state index in [4.69, 9.17) is 26.4 Å². The van der Waals surface area contributed by atoms with Gasteiger partial charge < -0.3 is 24.4 Å². The zero-order valence-electron chi connectivity index (χ0n) is 19.3. The molecule has 0 heterocycles. The number of anilines is 1. The van der Waals surface area contributed by atoms with Crippen LogP contribution in [0.3, 0.4) is 0 Å². The molecular weight excluding hydrogens is 420 g/mol. The summed E-state index contributed by atoms with van der Waals surface area (Å²) >= 11 is 5.87. The monoisotopic (exact) mass is 450 g/mol. The molecule has 3 rings (SSSR count). The molecule has 0 aromatic heterocycles. The van der Waals surface area contributed by atoms with E-state index < -0.39 is 0 Å². The van der Waals surface area contributed by atoms with Gasteiger partial charge in [-0.3, -0.25) is 0 Å². The van der Waals surface area contributed by atoms with Crippen molar-refractivity contribution in [2.24, 2.45) is 0 Å². The molecule has 0 aliphatic rings. The summed E-state index contributed by atoms with van der Waals surface area (Å²) < 4.78 is 16.5. The first-order valence-corrected chi connectivity index (χ1v) is 10.8. The zero-order chi connectivity index (χ0) is 23.1. The normalized spacial score (nSPS) is 10.4. The van der Waals surface area contributed by atoms with Gasteiger partial charge in [-0.1, -0.05) is 48.5 Å². The predicted octanol–water partition coefficient (Wildman–Crippen LogP) is 5.73. The second-order valence-electron chi connectivity index (χ2n) is 7.57. The molecule has 0 saturated heterocycles. The van der Waals surface area contributed by atoms with Gasteiger partial charge in [-0.05, 0) is 60.5 Å². The molecular formula is C26H30N2O3S. The van der Waals surface area contributed by atoms with Gasteiger partial charge in [0.25, 0.3) is 0 Å². The van der Waals surface area contributed by atoms with E-state index in [-0.39, 0.29) is 0 Å². The first-order valence-electron chi connectivity index (χ1n) is 10.4. The number of aryl methyl sites for hydroxylation is 2. The number of hydrogen-bond acceptors (Lipinski definition) is 4. The van der Waals surface area contributed by atoms with Crippen LogP contribution in [0.4, 0.5) is 5.69 Å². The third kappa shape index (κ3) is 5.51. The van der Waals surface area contributed by atoms with Gasteiger partial charge in [0.1, 0.15) is 0 Å². The second kappa shape index (κ2) is 10.9. The molecule has 0 fully saturated rings. The molecule has 168 valence electrons. The number of hydrogen-bond donors (Lipinski definition) is 1. The summed E-state index contributed by atoms with van der Waals surface area (Å²) in [6.45, 7) is 5.40. The van der Waals surface area contributed by atoms with Crippen molar-refractivity contribution < 1.29 is 14.2 Å². The number of nitrogens with zero attached hydrogens (tertiary/aromatic N) is 1. The molecule has 5 nitrogen and oxygen atoms in total. The molecule has 0 aliphatic carbocycles. The van der Waals surface area contributed by atoms with Crippen molar-refractivity contribution in [3.63, 3.8) is 0 Å². The van der Waals surface area contributed by atoms with Gasteiger partial charge in [0.15, 0.2) is 16.6 Å². The fraction of sp³-hybridized carbons (Fsp3) is 0.269. The van der Waals surface area contributed by atoms with Gasteiger partial charge >= 0.3 is 0 Å². The van der Waals surface area contributed by atoms with Gasteiger partial charge in [0.05, 0.1) is 21.3 Å². The number of para-hydroxylation sites is 1. The van der Waals surface area contributed by atoms with Gasteiger partial charge in [-0.2, -0.15) is 0 Å². The van der Waals surface area contributed by atoms with E-state index >= 15 is 0 Å². The predicted molar refractivity (Wildman–Crippen MR) is 134 cm³/mol. The van der Waals surface area contributed by atoms with Crippen LogP contribution in [0.1, 0.15) is 22.3 Å². The molecule has 3 aromatic carbocycles. The summed E-state index contributed by atoms with van der Waals surface area (Å²) in [5, 5.41) is 4.12. The van der Waals surface area contributed by atoms with Crippen LogP contribution in [0.2, 0.25) is 0 Å². The Bertz CT molecular complexity index is 1020. The molecule has 0 saturated carbocycles. The fourth-order valence-corrected chi connectivity index (χ4v) is 3.88. The van der Waals surface area contributed by atoms with Gasteiger partial charge in [-0.15, -0.1) is 0 Å². The number of rotatable bonds is 8. The number of ether oxygens (including phenoxy) is 3. The molecule has 0 unspecified atom stereocenters. The molecule has 6 heteroatoms. The SMILES string of the molecule is COc1cc(CN(Cc2ccccc2)C(=S)Nc2c(C)cccc2C)cc(OC)c1OC. The molecule has 0 bridgehead atoms. The van der Waals surface area contributed by atoms with Crippen molar-refractivity contribution in [3.8, 4) is 17.2 Å². The summed E-state index contributed by atoms with van der Waals surface area (Å²) in [5.41, 5.74) is 5.52. The highest BCUT2D eigenvalue weighted by Gasteiger charge is 2.18. The summed E-state index contributed by atoms with van der Waals surface area (Å²) in [6.07, 6.45) is 0. The lowest BCUT2D eigenvalue weighted by molar-refractivity contribution is 0.322. The topological polar surface area (TPSA) is 43.0 Å². The van der Waals surface area contributed by atoms with Crippen molar-refractivity contribution in [2.45, 2.75) is 26.9 Å². The Labute approximate surface area is 195 Å². The molecule has 0 amide bonds. The van der Waals surface area contributed by atoms with Crippen LogP contribution >= 0.6 is 12.2 Å². The third-order valence-corrected chi connectivity index (χ3v) is 5.67. The lowest BCUT2D eigenvalue weighted by Gasteiger charge is -2.28. The van der Waals surface area contributed by atoms with E-state index in [1.807, 2.05) is 30.3 Å². The van der Waals surface area contributed by atoms with Crippen molar-refractivity contribution in [3.05, 3.63) is 82.9 Å². The Balaban J connectivity index is 1.94. The van der Waals surface area contributed by atoms with Crippen molar-refractivity contribution >= 4 is 23.0 Å². The Morgan fingerprint density at radius 3 is 1.88 bits per heavy atom. The fourth-order valence-electron chi connectivity index (χ4n) is 3.65. The van der Waals surface area contributed by atoms with Crippen LogP contribution < -0.4 is 19.5 Å². The molecule has 0 atom stereocenters. The Morgan fingerprint density at radius 2 is 1.34 bits per heavy atom. The summed E-state index contributed by atoms with van der Waals surface area (Å²) in [6, 6.07) is 20.4. The number of nitrogens with one attached hydrogen (secondary N) is 1. The van der Waals surface area contributed by atoms with E-state index in [1.165, 1.54) is 5.56 Å². The van der Waals surface area contributed by atoms with E-state index in [2.05, 4.69) is 54.4 Å². The van der Waals surface area contributed by atoms with E-state index in [9.17, 15) is 0 Å². The Hall–Kier alpha value is -3.25. The number of thiocarbonyl (C=S) groups is 1. The molecule has 0 radical (unpaired) electrons. The minimum Gasteiger partial charge on any atom is -0.493 e. The van der Waals surface area contributed by atoms with Crippen LogP contribution in [0.15, 0.2) is 60.7 Å². The smallest absolute Gasteiger partial charge is 0.203 e. The van der Waals surface area contributed by atoms with E-state index in [1.54, 1.807) is 21.3 Å². The summed E-state index contributed by atoms with van der Waals surface area (Å²) in [4.78, 5) is 2.14. The van der Waals surface area contributed by atoms with Crippen LogP contribution in [0, 0.1) is 13.8 Å². The van der Waals surface area contributed by atoms with Crippen molar-refractivity contribution in [2.75, 3.05) is 26.6 Å². The Morgan fingerprint density at radius 1 is 0.781 bits per heavy atom. The average molecular weight is 451 g/mol. The highest BCUT2D eigenvalue weighted by atomic mass is 32.1. The number of methoxy groups -OCH3 is 3. The molecule has 3 aromatic rings. The van der Waals surface area contributed by atoms with Crippen LogP contribution in [-0.2, 0) is 13.1 Å². The largest absolute Gasteiger partial charge is 0.493 e. The van der Waals surface area contributed by atoms with Gasteiger partial charge in [0.2, 0.25) is 5.75 Å². The lowest BCUT2D eigenvalue weighted by atomic mass is 10.1. The average Bonchev–Trinajstić information content (AvgIpc) is 2.80. The maximum absolute atomic E-state index is 5.87. The second-order valence-corrected chi connectivity index (χ2v) is 7.96. The maximum Gasteiger partial charge on any atom is 0.203 e. The van der Waals surface area contributed by atoms with Crippen LogP contribution in [0.25, 0.3) is 0 Å². The summed E-state index contributed by atoms with van der Waals surface area (Å²) in [5.74, 6) is 1.81. The third-order valence-electron chi connectivity index (χ3n) is 5.31. The summed E-state index contributed by atoms with van der Waals surface area (Å²) in [7, 11) is 4.84. The highest BCUT2D eigenvalue weighted by molar-refractivity contribution is 7.80. The van der Waals surface area contributed by atoms with Gasteiger partial charge in [0, 0.05) is 18.8 Å². The number of benzene rings is 3. The minimum absolute atomic E-state index is 0.572. The van der Waals surface area contributed by atoms with Gasteiger partial charge in [-0.25, -0.2) is 0 Å².